The minimum absolute atomic E-state index is 0.0249. The first-order valence-corrected chi connectivity index (χ1v) is 9.24. The van der Waals surface area contributed by atoms with Gasteiger partial charge in [0.1, 0.15) is 17.3 Å². The molecule has 1 unspecified atom stereocenters. The van der Waals surface area contributed by atoms with Crippen molar-refractivity contribution in [1.82, 2.24) is 10.2 Å². The highest BCUT2D eigenvalue weighted by Gasteiger charge is 2.28. The fourth-order valence-corrected chi connectivity index (χ4v) is 3.19. The van der Waals surface area contributed by atoms with Crippen LogP contribution in [0, 0.1) is 5.82 Å². The molecular formula is C21H23FN2O4. The summed E-state index contributed by atoms with van der Waals surface area (Å²) in [6.07, 6.45) is 0.532. The second-order valence-corrected chi connectivity index (χ2v) is 6.81. The van der Waals surface area contributed by atoms with Crippen molar-refractivity contribution in [2.24, 2.45) is 0 Å². The number of phenols is 1. The average Bonchev–Trinajstić information content (AvgIpc) is 2.70. The van der Waals surface area contributed by atoms with Crippen molar-refractivity contribution in [3.05, 3.63) is 59.9 Å². The van der Waals surface area contributed by atoms with Crippen LogP contribution in [-0.2, 0) is 4.79 Å². The summed E-state index contributed by atoms with van der Waals surface area (Å²) in [6.45, 7) is 2.66. The van der Waals surface area contributed by atoms with Gasteiger partial charge in [-0.05, 0) is 56.2 Å². The second kappa shape index (κ2) is 8.73. The van der Waals surface area contributed by atoms with E-state index < -0.39 is 17.8 Å². The Morgan fingerprint density at radius 1 is 1.14 bits per heavy atom. The smallest absolute Gasteiger partial charge is 0.263 e. The molecule has 3 rings (SSSR count). The third-order valence-corrected chi connectivity index (χ3v) is 4.76. The van der Waals surface area contributed by atoms with Crippen molar-refractivity contribution >= 4 is 11.8 Å². The molecule has 1 heterocycles. The molecule has 2 aromatic rings. The molecule has 1 atom stereocenters. The maximum Gasteiger partial charge on any atom is 0.263 e. The van der Waals surface area contributed by atoms with Gasteiger partial charge >= 0.3 is 0 Å². The summed E-state index contributed by atoms with van der Waals surface area (Å²) >= 11 is 0. The van der Waals surface area contributed by atoms with Gasteiger partial charge in [-0.25, -0.2) is 4.39 Å². The molecule has 2 amide bonds. The Hall–Kier alpha value is -3.09. The number of hydrogen-bond donors (Lipinski definition) is 2. The molecule has 1 aliphatic heterocycles. The Balaban J connectivity index is 1.49. The molecular weight excluding hydrogens is 363 g/mol. The fraction of sp³-hybridized carbons (Fsp3) is 0.333. The van der Waals surface area contributed by atoms with Gasteiger partial charge in [-0.3, -0.25) is 9.59 Å². The monoisotopic (exact) mass is 386 g/mol. The first kappa shape index (κ1) is 19.7. The van der Waals surface area contributed by atoms with Crippen molar-refractivity contribution in [1.29, 1.82) is 0 Å². The highest BCUT2D eigenvalue weighted by atomic mass is 19.1. The zero-order valence-corrected chi connectivity index (χ0v) is 15.6. The SMILES string of the molecule is CC(Oc1ccc(O)cc1)C(=O)N1CCC(NC(=O)c2ccccc2F)CC1. The maximum absolute atomic E-state index is 13.7. The predicted molar refractivity (Wildman–Crippen MR) is 102 cm³/mol. The number of hydrogen-bond acceptors (Lipinski definition) is 4. The summed E-state index contributed by atoms with van der Waals surface area (Å²) in [5, 5.41) is 12.1. The zero-order chi connectivity index (χ0) is 20.1. The summed E-state index contributed by atoms with van der Waals surface area (Å²) in [5.41, 5.74) is 0.0249. The van der Waals surface area contributed by atoms with Gasteiger partial charge in [0.05, 0.1) is 5.56 Å². The highest BCUT2D eigenvalue weighted by Crippen LogP contribution is 2.19. The Labute approximate surface area is 162 Å². The molecule has 2 N–H and O–H groups in total. The molecule has 28 heavy (non-hydrogen) atoms. The number of benzene rings is 2. The normalized spacial score (nSPS) is 15.7. The van der Waals surface area contributed by atoms with Gasteiger partial charge in [0, 0.05) is 19.1 Å². The summed E-state index contributed by atoms with van der Waals surface area (Å²) in [6, 6.07) is 12.0. The number of nitrogens with one attached hydrogen (secondary N) is 1. The lowest BCUT2D eigenvalue weighted by Crippen LogP contribution is -2.49. The lowest BCUT2D eigenvalue weighted by atomic mass is 10.0. The molecule has 0 radical (unpaired) electrons. The van der Waals surface area contributed by atoms with Crippen molar-refractivity contribution in [3.8, 4) is 11.5 Å². The minimum atomic E-state index is -0.658. The van der Waals surface area contributed by atoms with Crippen LogP contribution < -0.4 is 10.1 Å². The van der Waals surface area contributed by atoms with Gasteiger partial charge in [0.2, 0.25) is 0 Å². The summed E-state index contributed by atoms with van der Waals surface area (Å²) in [7, 11) is 0. The number of ether oxygens (including phenoxy) is 1. The van der Waals surface area contributed by atoms with Gasteiger partial charge < -0.3 is 20.1 Å². The molecule has 0 spiro atoms. The first-order chi connectivity index (χ1) is 13.4. The molecule has 148 valence electrons. The molecule has 1 fully saturated rings. The Bertz CT molecular complexity index is 833. The summed E-state index contributed by atoms with van der Waals surface area (Å²) in [4.78, 5) is 26.5. The van der Waals surface area contributed by atoms with Gasteiger partial charge in [0.25, 0.3) is 11.8 Å². The van der Waals surface area contributed by atoms with Crippen LogP contribution in [0.2, 0.25) is 0 Å². The lowest BCUT2D eigenvalue weighted by molar-refractivity contribution is -0.139. The Kier molecular flexibility index (Phi) is 6.13. The van der Waals surface area contributed by atoms with Gasteiger partial charge in [-0.1, -0.05) is 12.1 Å². The molecule has 0 aromatic heterocycles. The van der Waals surface area contributed by atoms with Crippen LogP contribution in [0.25, 0.3) is 0 Å². The first-order valence-electron chi connectivity index (χ1n) is 9.24. The van der Waals surface area contributed by atoms with E-state index in [4.69, 9.17) is 4.74 Å². The van der Waals surface area contributed by atoms with Crippen LogP contribution in [0.3, 0.4) is 0 Å². The van der Waals surface area contributed by atoms with E-state index in [-0.39, 0.29) is 23.3 Å². The van der Waals surface area contributed by atoms with E-state index >= 15 is 0 Å². The van der Waals surface area contributed by atoms with E-state index in [1.807, 2.05) is 0 Å². The largest absolute Gasteiger partial charge is 0.508 e. The molecule has 1 aliphatic rings. The van der Waals surface area contributed by atoms with Crippen molar-refractivity contribution in [3.63, 3.8) is 0 Å². The molecule has 7 heteroatoms. The van der Waals surface area contributed by atoms with Crippen LogP contribution in [-0.4, -0.2) is 47.1 Å². The van der Waals surface area contributed by atoms with E-state index in [1.165, 1.54) is 30.3 Å². The fourth-order valence-electron chi connectivity index (χ4n) is 3.19. The number of phenolic OH excluding ortho intramolecular Hbond substituents is 1. The lowest BCUT2D eigenvalue weighted by Gasteiger charge is -2.33. The topological polar surface area (TPSA) is 78.9 Å². The average molecular weight is 386 g/mol. The minimum Gasteiger partial charge on any atom is -0.508 e. The number of likely N-dealkylation sites (tertiary alicyclic amines) is 1. The van der Waals surface area contributed by atoms with E-state index in [1.54, 1.807) is 30.0 Å². The number of piperidine rings is 1. The quantitative estimate of drug-likeness (QED) is 0.828. The number of nitrogens with zero attached hydrogens (tertiary/aromatic N) is 1. The third-order valence-electron chi connectivity index (χ3n) is 4.76. The van der Waals surface area contributed by atoms with Crippen LogP contribution >= 0.6 is 0 Å². The molecule has 2 aromatic carbocycles. The van der Waals surface area contributed by atoms with Gasteiger partial charge in [-0.2, -0.15) is 0 Å². The standard InChI is InChI=1S/C21H23FN2O4/c1-14(28-17-8-6-16(25)7-9-17)21(27)24-12-10-15(11-13-24)23-20(26)18-4-2-3-5-19(18)22/h2-9,14-15,25H,10-13H2,1H3,(H,23,26). The van der Waals surface area contributed by atoms with Gasteiger partial charge in [0.15, 0.2) is 6.10 Å². The van der Waals surface area contributed by atoms with E-state index in [9.17, 15) is 19.1 Å². The number of amides is 2. The van der Waals surface area contributed by atoms with Crippen LogP contribution in [0.1, 0.15) is 30.1 Å². The molecule has 6 nitrogen and oxygen atoms in total. The van der Waals surface area contributed by atoms with Crippen LogP contribution in [0.4, 0.5) is 4.39 Å². The number of carbonyl (C=O) groups is 2. The molecule has 0 saturated carbocycles. The zero-order valence-electron chi connectivity index (χ0n) is 15.6. The number of halogens is 1. The van der Waals surface area contributed by atoms with Crippen molar-refractivity contribution in [2.75, 3.05) is 13.1 Å². The van der Waals surface area contributed by atoms with E-state index in [2.05, 4.69) is 5.32 Å². The maximum atomic E-state index is 13.7. The molecule has 0 aliphatic carbocycles. The van der Waals surface area contributed by atoms with E-state index in [0.717, 1.165) is 0 Å². The number of aromatic hydroxyl groups is 1. The second-order valence-electron chi connectivity index (χ2n) is 6.81. The molecule has 1 saturated heterocycles. The Morgan fingerprint density at radius 2 is 1.79 bits per heavy atom. The van der Waals surface area contributed by atoms with Crippen LogP contribution in [0.15, 0.2) is 48.5 Å². The Morgan fingerprint density at radius 3 is 2.43 bits per heavy atom. The predicted octanol–water partition coefficient (Wildman–Crippen LogP) is 2.72. The molecule has 0 bridgehead atoms. The van der Waals surface area contributed by atoms with Crippen molar-refractivity contribution in [2.45, 2.75) is 31.9 Å². The highest BCUT2D eigenvalue weighted by molar-refractivity contribution is 5.94. The van der Waals surface area contributed by atoms with Gasteiger partial charge in [-0.15, -0.1) is 0 Å². The van der Waals surface area contributed by atoms with E-state index in [0.29, 0.717) is 31.7 Å². The summed E-state index contributed by atoms with van der Waals surface area (Å²) in [5.74, 6) is -0.483. The van der Waals surface area contributed by atoms with Crippen molar-refractivity contribution < 1.29 is 23.8 Å². The number of carbonyl (C=O) groups excluding carboxylic acids is 2. The van der Waals surface area contributed by atoms with Crippen LogP contribution in [0.5, 0.6) is 11.5 Å². The number of rotatable bonds is 5. The summed E-state index contributed by atoms with van der Waals surface area (Å²) < 4.78 is 19.3. The third kappa shape index (κ3) is 4.79.